The molecule has 5 nitrogen and oxygen atoms in total. The molecule has 2 saturated heterocycles. The smallest absolute Gasteiger partial charge is 0.416 e. The van der Waals surface area contributed by atoms with Crippen molar-refractivity contribution in [3.8, 4) is 0 Å². The van der Waals surface area contributed by atoms with Crippen molar-refractivity contribution < 1.29 is 14.3 Å². The third-order valence-electron chi connectivity index (χ3n) is 6.40. The number of amides is 2. The number of likely N-dealkylation sites (tertiary alicyclic amines) is 1. The Morgan fingerprint density at radius 2 is 1.74 bits per heavy atom. The molecule has 2 aliphatic rings. The average molecular weight is 441 g/mol. The summed E-state index contributed by atoms with van der Waals surface area (Å²) in [5.41, 5.74) is 2.08. The highest BCUT2D eigenvalue weighted by molar-refractivity contribution is 6.30. The van der Waals surface area contributed by atoms with Crippen LogP contribution in [0.15, 0.2) is 54.6 Å². The Hall–Kier alpha value is -2.37. The molecule has 0 bridgehead atoms. The van der Waals surface area contributed by atoms with E-state index in [1.165, 1.54) is 4.90 Å². The van der Waals surface area contributed by atoms with Gasteiger partial charge in [-0.3, -0.25) is 9.69 Å². The summed E-state index contributed by atoms with van der Waals surface area (Å²) in [4.78, 5) is 30.0. The van der Waals surface area contributed by atoms with Crippen molar-refractivity contribution >= 4 is 23.6 Å². The Morgan fingerprint density at radius 1 is 1.06 bits per heavy atom. The lowest BCUT2D eigenvalue weighted by molar-refractivity contribution is -0.133. The maximum Gasteiger partial charge on any atom is 0.416 e. The highest BCUT2D eigenvalue weighted by Gasteiger charge is 2.48. The lowest BCUT2D eigenvalue weighted by Gasteiger charge is -2.32. The molecule has 0 aromatic heterocycles. The van der Waals surface area contributed by atoms with Crippen molar-refractivity contribution in [2.24, 2.45) is 5.92 Å². The standard InChI is InChI=1S/C25H29ClN2O3/c1-25(2,3)27-14-21(18-9-11-19(26)12-10-18)22(15-27)23(29)28-20(16-31-24(28)30)13-17-7-5-4-6-8-17/h4-12,20-22H,13-16H2,1-3H3/t20-,21?,22?/m0/s1. The summed E-state index contributed by atoms with van der Waals surface area (Å²) in [6, 6.07) is 17.3. The minimum Gasteiger partial charge on any atom is -0.447 e. The number of ether oxygens (including phenoxy) is 1. The molecule has 3 atom stereocenters. The minimum absolute atomic E-state index is 0.00485. The Bertz CT molecular complexity index is 939. The molecule has 2 aliphatic heterocycles. The molecule has 0 radical (unpaired) electrons. The zero-order chi connectivity index (χ0) is 22.2. The third kappa shape index (κ3) is 4.63. The molecule has 2 heterocycles. The zero-order valence-corrected chi connectivity index (χ0v) is 19.0. The predicted molar refractivity (Wildman–Crippen MR) is 121 cm³/mol. The van der Waals surface area contributed by atoms with Crippen molar-refractivity contribution in [2.75, 3.05) is 19.7 Å². The van der Waals surface area contributed by atoms with E-state index in [9.17, 15) is 9.59 Å². The van der Waals surface area contributed by atoms with Crippen LogP contribution in [0.5, 0.6) is 0 Å². The number of imide groups is 1. The second kappa shape index (κ2) is 8.64. The van der Waals surface area contributed by atoms with Gasteiger partial charge in [0.15, 0.2) is 0 Å². The number of rotatable bonds is 4. The normalized spacial score (nSPS) is 24.5. The fourth-order valence-corrected chi connectivity index (χ4v) is 4.72. The fraction of sp³-hybridized carbons (Fsp3) is 0.440. The molecule has 2 fully saturated rings. The van der Waals surface area contributed by atoms with Crippen LogP contribution in [0.4, 0.5) is 4.79 Å². The van der Waals surface area contributed by atoms with Crippen LogP contribution >= 0.6 is 11.6 Å². The highest BCUT2D eigenvalue weighted by atomic mass is 35.5. The number of hydrogen-bond acceptors (Lipinski definition) is 4. The van der Waals surface area contributed by atoms with E-state index in [0.29, 0.717) is 18.0 Å². The Kier molecular flexibility index (Phi) is 6.09. The van der Waals surface area contributed by atoms with Gasteiger partial charge in [-0.2, -0.15) is 0 Å². The van der Waals surface area contributed by atoms with Crippen LogP contribution in [0, 0.1) is 5.92 Å². The SMILES string of the molecule is CC(C)(C)N1CC(C(=O)N2C(=O)OC[C@@H]2Cc2ccccc2)C(c2ccc(Cl)cc2)C1. The first kappa shape index (κ1) is 21.8. The summed E-state index contributed by atoms with van der Waals surface area (Å²) in [7, 11) is 0. The third-order valence-corrected chi connectivity index (χ3v) is 6.65. The van der Waals surface area contributed by atoms with E-state index in [0.717, 1.165) is 17.7 Å². The Balaban J connectivity index is 1.61. The van der Waals surface area contributed by atoms with Gasteiger partial charge in [-0.05, 0) is 50.5 Å². The molecular formula is C25H29ClN2O3. The zero-order valence-electron chi connectivity index (χ0n) is 18.3. The number of halogens is 1. The van der Waals surface area contributed by atoms with E-state index in [1.54, 1.807) is 0 Å². The van der Waals surface area contributed by atoms with Crippen LogP contribution in [0.2, 0.25) is 5.02 Å². The molecule has 2 amide bonds. The van der Waals surface area contributed by atoms with Gasteiger partial charge in [-0.15, -0.1) is 0 Å². The van der Waals surface area contributed by atoms with Crippen LogP contribution in [-0.2, 0) is 16.0 Å². The molecular weight excluding hydrogens is 412 g/mol. The van der Waals surface area contributed by atoms with Crippen LogP contribution in [0.25, 0.3) is 0 Å². The first-order valence-electron chi connectivity index (χ1n) is 10.8. The van der Waals surface area contributed by atoms with Gasteiger partial charge in [0.05, 0.1) is 12.0 Å². The van der Waals surface area contributed by atoms with Gasteiger partial charge in [0.1, 0.15) is 6.61 Å². The van der Waals surface area contributed by atoms with Gasteiger partial charge < -0.3 is 4.74 Å². The van der Waals surface area contributed by atoms with Gasteiger partial charge in [0, 0.05) is 29.6 Å². The van der Waals surface area contributed by atoms with Crippen LogP contribution in [-0.4, -0.2) is 53.1 Å². The van der Waals surface area contributed by atoms with Crippen molar-refractivity contribution in [3.05, 3.63) is 70.7 Å². The number of carbonyl (C=O) groups is 2. The highest BCUT2D eigenvalue weighted by Crippen LogP contribution is 2.38. The Morgan fingerprint density at radius 3 is 2.39 bits per heavy atom. The van der Waals surface area contributed by atoms with Crippen LogP contribution in [0.3, 0.4) is 0 Å². The van der Waals surface area contributed by atoms with Crippen molar-refractivity contribution in [1.29, 1.82) is 0 Å². The van der Waals surface area contributed by atoms with E-state index in [-0.39, 0.29) is 35.9 Å². The summed E-state index contributed by atoms with van der Waals surface area (Å²) in [6.07, 6.45) is 0.0645. The molecule has 0 aliphatic carbocycles. The lowest BCUT2D eigenvalue weighted by Crippen LogP contribution is -2.46. The second-order valence-electron chi connectivity index (χ2n) is 9.47. The van der Waals surface area contributed by atoms with E-state index >= 15 is 0 Å². The van der Waals surface area contributed by atoms with Crippen LogP contribution in [0.1, 0.15) is 37.8 Å². The molecule has 2 aromatic rings. The van der Waals surface area contributed by atoms with E-state index < -0.39 is 6.09 Å². The minimum atomic E-state index is -0.532. The van der Waals surface area contributed by atoms with Crippen molar-refractivity contribution in [3.63, 3.8) is 0 Å². The summed E-state index contributed by atoms with van der Waals surface area (Å²) in [6.45, 7) is 8.06. The maximum absolute atomic E-state index is 13.8. The van der Waals surface area contributed by atoms with Gasteiger partial charge in [0.25, 0.3) is 0 Å². The number of benzene rings is 2. The topological polar surface area (TPSA) is 49.9 Å². The molecule has 164 valence electrons. The largest absolute Gasteiger partial charge is 0.447 e. The molecule has 6 heteroatoms. The Labute approximate surface area is 188 Å². The predicted octanol–water partition coefficient (Wildman–Crippen LogP) is 4.74. The first-order valence-corrected chi connectivity index (χ1v) is 11.2. The van der Waals surface area contributed by atoms with Gasteiger partial charge in [0.2, 0.25) is 5.91 Å². The van der Waals surface area contributed by atoms with E-state index in [2.05, 4.69) is 25.7 Å². The number of carbonyl (C=O) groups excluding carboxylic acids is 2. The lowest BCUT2D eigenvalue weighted by atomic mass is 9.87. The number of nitrogens with zero attached hydrogens (tertiary/aromatic N) is 2. The van der Waals surface area contributed by atoms with Gasteiger partial charge in [-0.25, -0.2) is 9.69 Å². The second-order valence-corrected chi connectivity index (χ2v) is 9.91. The molecule has 2 aromatic carbocycles. The van der Waals surface area contributed by atoms with E-state index in [1.807, 2.05) is 54.6 Å². The molecule has 31 heavy (non-hydrogen) atoms. The fourth-order valence-electron chi connectivity index (χ4n) is 4.60. The number of hydrogen-bond donors (Lipinski definition) is 0. The quantitative estimate of drug-likeness (QED) is 0.688. The van der Waals surface area contributed by atoms with Crippen LogP contribution < -0.4 is 0 Å². The van der Waals surface area contributed by atoms with Crippen molar-refractivity contribution in [1.82, 2.24) is 9.80 Å². The number of cyclic esters (lactones) is 1. The van der Waals surface area contributed by atoms with Gasteiger partial charge >= 0.3 is 6.09 Å². The summed E-state index contributed by atoms with van der Waals surface area (Å²) < 4.78 is 5.32. The maximum atomic E-state index is 13.8. The van der Waals surface area contributed by atoms with E-state index in [4.69, 9.17) is 16.3 Å². The van der Waals surface area contributed by atoms with Gasteiger partial charge in [-0.1, -0.05) is 54.1 Å². The summed E-state index contributed by atoms with van der Waals surface area (Å²) >= 11 is 6.09. The van der Waals surface area contributed by atoms with Crippen molar-refractivity contribution in [2.45, 2.75) is 44.7 Å². The average Bonchev–Trinajstić information content (AvgIpc) is 3.33. The summed E-state index contributed by atoms with van der Waals surface area (Å²) in [5, 5.41) is 0.670. The molecule has 0 saturated carbocycles. The molecule has 4 rings (SSSR count). The summed E-state index contributed by atoms with van der Waals surface area (Å²) in [5.74, 6) is -0.464. The first-order chi connectivity index (χ1) is 14.7. The molecule has 2 unspecified atom stereocenters. The molecule has 0 spiro atoms. The molecule has 0 N–H and O–H groups in total. The monoisotopic (exact) mass is 440 g/mol.